The van der Waals surface area contributed by atoms with Crippen LogP contribution in [0.15, 0.2) is 34.2 Å². The van der Waals surface area contributed by atoms with Crippen molar-refractivity contribution in [2.45, 2.75) is 30.3 Å². The van der Waals surface area contributed by atoms with Crippen molar-refractivity contribution in [2.75, 3.05) is 21.1 Å². The van der Waals surface area contributed by atoms with Crippen LogP contribution in [0.5, 0.6) is 0 Å². The largest absolute Gasteiger partial charge is 0.370 e. The summed E-state index contributed by atoms with van der Waals surface area (Å²) in [5.74, 6) is 0.530. The standard InChI is InChI=1S/C14H22N4O2S/c1-17(2)21(19,20)13-8-4-11(5-9-13)10-16-14(15)18(3)12-6-7-12/h4-5,8-9,12H,6-7,10H2,1-3H3,(H2,15,16). The molecule has 0 spiro atoms. The van der Waals surface area contributed by atoms with Gasteiger partial charge in [-0.3, -0.25) is 0 Å². The number of rotatable bonds is 5. The van der Waals surface area contributed by atoms with Gasteiger partial charge in [0.15, 0.2) is 5.96 Å². The molecule has 0 bridgehead atoms. The third-order valence-corrected chi connectivity index (χ3v) is 5.41. The number of nitrogens with zero attached hydrogens (tertiary/aromatic N) is 3. The first kappa shape index (κ1) is 15.8. The van der Waals surface area contributed by atoms with Crippen LogP contribution in [-0.4, -0.2) is 50.8 Å². The first-order chi connectivity index (χ1) is 9.82. The first-order valence-corrected chi connectivity index (χ1v) is 8.30. The van der Waals surface area contributed by atoms with Crippen LogP contribution in [0, 0.1) is 0 Å². The van der Waals surface area contributed by atoms with Gasteiger partial charge in [0.05, 0.1) is 11.4 Å². The van der Waals surface area contributed by atoms with Crippen LogP contribution in [0.25, 0.3) is 0 Å². The lowest BCUT2D eigenvalue weighted by atomic mass is 10.2. The minimum atomic E-state index is -3.38. The van der Waals surface area contributed by atoms with E-state index in [1.54, 1.807) is 24.3 Å². The number of hydrogen-bond donors (Lipinski definition) is 1. The summed E-state index contributed by atoms with van der Waals surface area (Å²) in [5.41, 5.74) is 6.85. The Morgan fingerprint density at radius 3 is 2.29 bits per heavy atom. The molecule has 2 N–H and O–H groups in total. The van der Waals surface area contributed by atoms with Crippen molar-refractivity contribution in [3.63, 3.8) is 0 Å². The molecule has 0 atom stereocenters. The van der Waals surface area contributed by atoms with Crippen molar-refractivity contribution in [1.82, 2.24) is 9.21 Å². The van der Waals surface area contributed by atoms with Crippen molar-refractivity contribution in [1.29, 1.82) is 0 Å². The van der Waals surface area contributed by atoms with E-state index in [1.807, 2.05) is 11.9 Å². The molecule has 1 aromatic carbocycles. The molecule has 6 nitrogen and oxygen atoms in total. The Bertz CT molecular complexity index is 619. The Morgan fingerprint density at radius 2 is 1.81 bits per heavy atom. The Labute approximate surface area is 126 Å². The van der Waals surface area contributed by atoms with Crippen LogP contribution < -0.4 is 5.73 Å². The average molecular weight is 310 g/mol. The molecule has 1 saturated carbocycles. The van der Waals surface area contributed by atoms with Crippen molar-refractivity contribution < 1.29 is 8.42 Å². The molecule has 0 radical (unpaired) electrons. The average Bonchev–Trinajstić information content (AvgIpc) is 3.28. The van der Waals surface area contributed by atoms with Crippen molar-refractivity contribution >= 4 is 16.0 Å². The predicted octanol–water partition coefficient (Wildman–Crippen LogP) is 0.846. The highest BCUT2D eigenvalue weighted by atomic mass is 32.2. The van der Waals surface area contributed by atoms with Crippen molar-refractivity contribution in [3.05, 3.63) is 29.8 Å². The molecular weight excluding hydrogens is 288 g/mol. The summed E-state index contributed by atoms with van der Waals surface area (Å²) in [6, 6.07) is 7.26. The second kappa shape index (κ2) is 6.03. The van der Waals surface area contributed by atoms with Gasteiger partial charge in [0.1, 0.15) is 0 Å². The highest BCUT2D eigenvalue weighted by molar-refractivity contribution is 7.89. The Balaban J connectivity index is 2.04. The van der Waals surface area contributed by atoms with E-state index in [0.29, 0.717) is 18.5 Å². The smallest absolute Gasteiger partial charge is 0.242 e. The minimum Gasteiger partial charge on any atom is -0.370 e. The molecule has 116 valence electrons. The van der Waals surface area contributed by atoms with Gasteiger partial charge >= 0.3 is 0 Å². The normalized spacial score (nSPS) is 16.3. The number of hydrogen-bond acceptors (Lipinski definition) is 3. The number of benzene rings is 1. The lowest BCUT2D eigenvalue weighted by molar-refractivity contribution is 0.487. The third kappa shape index (κ3) is 3.74. The van der Waals surface area contributed by atoms with E-state index < -0.39 is 10.0 Å². The van der Waals surface area contributed by atoms with E-state index in [-0.39, 0.29) is 4.90 Å². The lowest BCUT2D eigenvalue weighted by Gasteiger charge is -2.16. The maximum atomic E-state index is 12.0. The van der Waals surface area contributed by atoms with Gasteiger partial charge in [-0.15, -0.1) is 0 Å². The number of nitrogens with two attached hydrogens (primary N) is 1. The third-order valence-electron chi connectivity index (χ3n) is 3.58. The predicted molar refractivity (Wildman–Crippen MR) is 83.4 cm³/mol. The summed E-state index contributed by atoms with van der Waals surface area (Å²) in [7, 11) is 1.60. The van der Waals surface area contributed by atoms with Gasteiger partial charge < -0.3 is 10.6 Å². The molecule has 1 aromatic rings. The monoisotopic (exact) mass is 310 g/mol. The van der Waals surface area contributed by atoms with Gasteiger partial charge in [0, 0.05) is 27.2 Å². The first-order valence-electron chi connectivity index (χ1n) is 6.86. The van der Waals surface area contributed by atoms with Gasteiger partial charge in [-0.05, 0) is 30.5 Å². The molecule has 0 unspecified atom stereocenters. The fourth-order valence-corrected chi connectivity index (χ4v) is 2.81. The molecule has 0 aliphatic heterocycles. The van der Waals surface area contributed by atoms with Crippen molar-refractivity contribution in [2.24, 2.45) is 10.7 Å². The maximum Gasteiger partial charge on any atom is 0.242 e. The topological polar surface area (TPSA) is 79.0 Å². The molecule has 21 heavy (non-hydrogen) atoms. The summed E-state index contributed by atoms with van der Waals surface area (Å²) in [5, 5.41) is 0. The quantitative estimate of drug-likeness (QED) is 0.646. The molecule has 1 aliphatic carbocycles. The molecular formula is C14H22N4O2S. The molecule has 0 saturated heterocycles. The summed E-state index contributed by atoms with van der Waals surface area (Å²) >= 11 is 0. The van der Waals surface area contributed by atoms with Crippen LogP contribution in [0.1, 0.15) is 18.4 Å². The number of guanidine groups is 1. The summed E-state index contributed by atoms with van der Waals surface area (Å²) in [6.07, 6.45) is 2.34. The van der Waals surface area contributed by atoms with Gasteiger partial charge in [-0.1, -0.05) is 12.1 Å². The Kier molecular flexibility index (Phi) is 4.53. The van der Waals surface area contributed by atoms with Crippen LogP contribution in [0.4, 0.5) is 0 Å². The number of aliphatic imine (C=N–C) groups is 1. The fraction of sp³-hybridized carbons (Fsp3) is 0.500. The van der Waals surface area contributed by atoms with Crippen molar-refractivity contribution in [3.8, 4) is 0 Å². The lowest BCUT2D eigenvalue weighted by Crippen LogP contribution is -2.35. The molecule has 1 aliphatic rings. The molecule has 0 aromatic heterocycles. The molecule has 0 heterocycles. The highest BCUT2D eigenvalue weighted by Crippen LogP contribution is 2.25. The van der Waals surface area contributed by atoms with E-state index in [2.05, 4.69) is 4.99 Å². The second-order valence-corrected chi connectivity index (χ2v) is 7.60. The zero-order chi connectivity index (χ0) is 15.6. The highest BCUT2D eigenvalue weighted by Gasteiger charge is 2.27. The van der Waals surface area contributed by atoms with E-state index in [4.69, 9.17) is 5.73 Å². The summed E-state index contributed by atoms with van der Waals surface area (Å²) in [6.45, 7) is 0.450. The SMILES string of the molecule is CN(C(N)=NCc1ccc(S(=O)(=O)N(C)C)cc1)C1CC1. The van der Waals surface area contributed by atoms with E-state index in [1.165, 1.54) is 31.2 Å². The maximum absolute atomic E-state index is 12.0. The molecule has 0 amide bonds. The van der Waals surface area contributed by atoms with Crippen LogP contribution in [-0.2, 0) is 16.6 Å². The van der Waals surface area contributed by atoms with Gasteiger partial charge in [0.25, 0.3) is 0 Å². The van der Waals surface area contributed by atoms with E-state index in [0.717, 1.165) is 5.56 Å². The van der Waals surface area contributed by atoms with Crippen LogP contribution in [0.3, 0.4) is 0 Å². The Morgan fingerprint density at radius 1 is 1.24 bits per heavy atom. The fourth-order valence-electron chi connectivity index (χ4n) is 1.91. The van der Waals surface area contributed by atoms with E-state index >= 15 is 0 Å². The Hall–Kier alpha value is -1.60. The van der Waals surface area contributed by atoms with Crippen LogP contribution in [0.2, 0.25) is 0 Å². The van der Waals surface area contributed by atoms with Gasteiger partial charge in [-0.25, -0.2) is 17.7 Å². The second-order valence-electron chi connectivity index (χ2n) is 5.45. The number of sulfonamides is 1. The molecule has 7 heteroatoms. The summed E-state index contributed by atoms with van der Waals surface area (Å²) < 4.78 is 25.1. The van der Waals surface area contributed by atoms with Gasteiger partial charge in [-0.2, -0.15) is 0 Å². The van der Waals surface area contributed by atoms with E-state index in [9.17, 15) is 8.42 Å². The zero-order valence-electron chi connectivity index (χ0n) is 12.7. The zero-order valence-corrected chi connectivity index (χ0v) is 13.5. The summed E-state index contributed by atoms with van der Waals surface area (Å²) in [4.78, 5) is 6.61. The molecule has 1 fully saturated rings. The van der Waals surface area contributed by atoms with Crippen LogP contribution >= 0.6 is 0 Å². The van der Waals surface area contributed by atoms with Gasteiger partial charge in [0.2, 0.25) is 10.0 Å². The molecule has 2 rings (SSSR count). The minimum absolute atomic E-state index is 0.281.